The quantitative estimate of drug-likeness (QED) is 0.331. The van der Waals surface area contributed by atoms with Crippen molar-refractivity contribution in [2.75, 3.05) is 7.05 Å². The summed E-state index contributed by atoms with van der Waals surface area (Å²) in [6.45, 7) is 0.777. The van der Waals surface area contributed by atoms with E-state index in [1.807, 2.05) is 31.3 Å². The van der Waals surface area contributed by atoms with E-state index in [1.165, 1.54) is 5.56 Å². The van der Waals surface area contributed by atoms with E-state index in [9.17, 15) is 0 Å². The molecule has 1 aromatic rings. The summed E-state index contributed by atoms with van der Waals surface area (Å²) in [6.07, 6.45) is 1.66. The van der Waals surface area contributed by atoms with Gasteiger partial charge in [-0.2, -0.15) is 5.10 Å². The molecule has 0 radical (unpaired) electrons. The molecule has 1 rings (SSSR count). The molecule has 0 heterocycles. The molecule has 16 heavy (non-hydrogen) atoms. The second-order valence-electron chi connectivity index (χ2n) is 3.08. The first-order valence-electron chi connectivity index (χ1n) is 4.79. The van der Waals surface area contributed by atoms with E-state index in [-0.39, 0.29) is 5.11 Å². The third-order valence-corrected chi connectivity index (χ3v) is 1.93. The zero-order chi connectivity index (χ0) is 11.8. The number of hydrogen-bond donors (Lipinski definition) is 4. The first-order valence-corrected chi connectivity index (χ1v) is 5.20. The molecule has 0 aliphatic heterocycles. The molecule has 0 aliphatic rings. The highest BCUT2D eigenvalue weighted by Gasteiger charge is 1.91. The van der Waals surface area contributed by atoms with Gasteiger partial charge in [-0.1, -0.05) is 24.3 Å². The largest absolute Gasteiger partial charge is 0.375 e. The van der Waals surface area contributed by atoms with Crippen molar-refractivity contribution in [1.29, 1.82) is 0 Å². The van der Waals surface area contributed by atoms with Gasteiger partial charge in [-0.25, -0.2) is 0 Å². The zero-order valence-electron chi connectivity index (χ0n) is 9.03. The lowest BCUT2D eigenvalue weighted by molar-refractivity contribution is 0.596. The Labute approximate surface area is 100 Å². The van der Waals surface area contributed by atoms with Crippen LogP contribution in [-0.2, 0) is 6.54 Å². The van der Waals surface area contributed by atoms with Crippen LogP contribution in [0, 0.1) is 0 Å². The Kier molecular flexibility index (Phi) is 5.41. The second-order valence-corrected chi connectivity index (χ2v) is 3.52. The van der Waals surface area contributed by atoms with Crippen molar-refractivity contribution in [3.8, 4) is 0 Å². The number of nitrogens with two attached hydrogens (primary N) is 1. The minimum absolute atomic E-state index is 0.158. The molecule has 0 saturated heterocycles. The maximum Gasteiger partial charge on any atom is 0.184 e. The fourth-order valence-corrected chi connectivity index (χ4v) is 1.14. The molecule has 86 valence electrons. The van der Waals surface area contributed by atoms with E-state index in [2.05, 4.69) is 33.6 Å². The molecule has 1 aromatic carbocycles. The van der Waals surface area contributed by atoms with Gasteiger partial charge in [-0.05, 0) is 30.4 Å². The van der Waals surface area contributed by atoms with Gasteiger partial charge in [0.2, 0.25) is 0 Å². The number of hydrazine groups is 1. The number of thiocarbonyl (C=S) groups is 1. The summed E-state index contributed by atoms with van der Waals surface area (Å²) in [5, 5.41) is 4.02. The average Bonchev–Trinajstić information content (AvgIpc) is 2.27. The van der Waals surface area contributed by atoms with Crippen molar-refractivity contribution in [2.45, 2.75) is 6.54 Å². The van der Waals surface area contributed by atoms with Crippen molar-refractivity contribution in [3.05, 3.63) is 35.4 Å². The number of nitrogens with zero attached hydrogens (tertiary/aromatic N) is 1. The second kappa shape index (κ2) is 6.89. The van der Waals surface area contributed by atoms with E-state index in [4.69, 9.17) is 5.73 Å². The number of hydrazone groups is 1. The standard InChI is InChI=1S/C10H15N5S/c1-12-13-6-8-2-4-9(5-3-8)7-14-15-10(11)16/h2-5,7,12-13H,6H2,1H3,(H3,11,15,16)/b14-7+. The fourth-order valence-electron chi connectivity index (χ4n) is 1.08. The van der Waals surface area contributed by atoms with Gasteiger partial charge in [0.25, 0.3) is 0 Å². The van der Waals surface area contributed by atoms with Crippen molar-refractivity contribution < 1.29 is 0 Å². The highest BCUT2D eigenvalue weighted by atomic mass is 32.1. The molecule has 0 atom stereocenters. The highest BCUT2D eigenvalue weighted by molar-refractivity contribution is 7.80. The molecule has 6 heteroatoms. The van der Waals surface area contributed by atoms with E-state index in [0.717, 1.165) is 12.1 Å². The Morgan fingerprint density at radius 3 is 2.69 bits per heavy atom. The summed E-state index contributed by atoms with van der Waals surface area (Å²) >= 11 is 4.62. The Bertz CT molecular complexity index is 360. The summed E-state index contributed by atoms with van der Waals surface area (Å²) in [7, 11) is 1.84. The molecule has 0 fully saturated rings. The minimum Gasteiger partial charge on any atom is -0.375 e. The van der Waals surface area contributed by atoms with E-state index in [0.29, 0.717) is 0 Å². The van der Waals surface area contributed by atoms with Crippen LogP contribution < -0.4 is 22.0 Å². The van der Waals surface area contributed by atoms with Crippen LogP contribution in [-0.4, -0.2) is 18.4 Å². The van der Waals surface area contributed by atoms with Gasteiger partial charge in [0.1, 0.15) is 0 Å². The normalized spacial score (nSPS) is 10.6. The van der Waals surface area contributed by atoms with Crippen LogP contribution >= 0.6 is 12.2 Å². The van der Waals surface area contributed by atoms with Crippen molar-refractivity contribution in [2.24, 2.45) is 10.8 Å². The van der Waals surface area contributed by atoms with Gasteiger partial charge >= 0.3 is 0 Å². The predicted octanol–water partition coefficient (Wildman–Crippen LogP) is 0.0777. The third-order valence-electron chi connectivity index (χ3n) is 1.84. The first-order chi connectivity index (χ1) is 7.72. The van der Waals surface area contributed by atoms with Crippen LogP contribution in [0.3, 0.4) is 0 Å². The van der Waals surface area contributed by atoms with Gasteiger partial charge in [0.05, 0.1) is 6.21 Å². The Morgan fingerprint density at radius 2 is 2.12 bits per heavy atom. The lowest BCUT2D eigenvalue weighted by atomic mass is 10.1. The van der Waals surface area contributed by atoms with Crippen molar-refractivity contribution >= 4 is 23.5 Å². The van der Waals surface area contributed by atoms with Gasteiger partial charge < -0.3 is 5.73 Å². The zero-order valence-corrected chi connectivity index (χ0v) is 9.84. The van der Waals surface area contributed by atoms with Crippen molar-refractivity contribution in [3.63, 3.8) is 0 Å². The fraction of sp³-hybridized carbons (Fsp3) is 0.200. The molecule has 0 aliphatic carbocycles. The summed E-state index contributed by atoms with van der Waals surface area (Å²) in [6, 6.07) is 7.98. The topological polar surface area (TPSA) is 74.5 Å². The average molecular weight is 237 g/mol. The molecule has 0 spiro atoms. The Hall–Kier alpha value is -1.50. The maximum atomic E-state index is 5.23. The van der Waals surface area contributed by atoms with E-state index in [1.54, 1.807) is 6.21 Å². The summed E-state index contributed by atoms with van der Waals surface area (Å²) < 4.78 is 0. The van der Waals surface area contributed by atoms with Crippen LogP contribution in [0.25, 0.3) is 0 Å². The molecule has 0 aromatic heterocycles. The van der Waals surface area contributed by atoms with Gasteiger partial charge in [0, 0.05) is 6.54 Å². The minimum atomic E-state index is 0.158. The van der Waals surface area contributed by atoms with Crippen molar-refractivity contribution in [1.82, 2.24) is 16.3 Å². The molecule has 5 N–H and O–H groups in total. The smallest absolute Gasteiger partial charge is 0.184 e. The third kappa shape index (κ3) is 4.83. The number of nitrogens with one attached hydrogen (secondary N) is 3. The molecule has 0 bridgehead atoms. The van der Waals surface area contributed by atoms with Crippen LogP contribution in [0.1, 0.15) is 11.1 Å². The molecule has 0 amide bonds. The number of benzene rings is 1. The lowest BCUT2D eigenvalue weighted by Crippen LogP contribution is -2.26. The molecule has 5 nitrogen and oxygen atoms in total. The molecule has 0 unspecified atom stereocenters. The van der Waals surface area contributed by atoms with Crippen LogP contribution in [0.2, 0.25) is 0 Å². The van der Waals surface area contributed by atoms with Crippen LogP contribution in [0.5, 0.6) is 0 Å². The van der Waals surface area contributed by atoms with Crippen LogP contribution in [0.15, 0.2) is 29.4 Å². The summed E-state index contributed by atoms with van der Waals surface area (Å²) in [5.41, 5.74) is 15.8. The highest BCUT2D eigenvalue weighted by Crippen LogP contribution is 2.01. The summed E-state index contributed by atoms with van der Waals surface area (Å²) in [4.78, 5) is 0. The lowest BCUT2D eigenvalue weighted by Gasteiger charge is -2.02. The van der Waals surface area contributed by atoms with Gasteiger partial charge in [-0.15, -0.1) is 0 Å². The summed E-state index contributed by atoms with van der Waals surface area (Å²) in [5.74, 6) is 0. The number of hydrogen-bond acceptors (Lipinski definition) is 4. The predicted molar refractivity (Wildman–Crippen MR) is 69.9 cm³/mol. The Morgan fingerprint density at radius 1 is 1.44 bits per heavy atom. The molecular formula is C10H15N5S. The van der Waals surface area contributed by atoms with E-state index >= 15 is 0 Å². The van der Waals surface area contributed by atoms with Gasteiger partial charge in [-0.3, -0.25) is 16.3 Å². The molecule has 0 saturated carbocycles. The van der Waals surface area contributed by atoms with E-state index < -0.39 is 0 Å². The number of rotatable bonds is 5. The Balaban J connectivity index is 2.50. The molecular weight excluding hydrogens is 222 g/mol. The maximum absolute atomic E-state index is 5.23. The van der Waals surface area contributed by atoms with Crippen LogP contribution in [0.4, 0.5) is 0 Å². The first kappa shape index (κ1) is 12.6. The van der Waals surface area contributed by atoms with Gasteiger partial charge in [0.15, 0.2) is 5.11 Å². The SMILES string of the molecule is CNNCc1ccc(/C=N/NC(N)=S)cc1. The monoisotopic (exact) mass is 237 g/mol.